The lowest BCUT2D eigenvalue weighted by Gasteiger charge is -2.29. The smallest absolute Gasteiger partial charge is 0.325 e. The second-order valence-electron chi connectivity index (χ2n) is 6.76. The lowest BCUT2D eigenvalue weighted by molar-refractivity contribution is -0.148. The molecule has 1 N–H and O–H groups in total. The van der Waals surface area contributed by atoms with Gasteiger partial charge in [0.25, 0.3) is 0 Å². The van der Waals surface area contributed by atoms with Gasteiger partial charge in [-0.2, -0.15) is 0 Å². The van der Waals surface area contributed by atoms with Crippen LogP contribution in [0.5, 0.6) is 0 Å². The fourth-order valence-electron chi connectivity index (χ4n) is 3.28. The van der Waals surface area contributed by atoms with Gasteiger partial charge in [-0.3, -0.25) is 10.1 Å². The third-order valence-electron chi connectivity index (χ3n) is 4.66. The molecule has 1 heterocycles. The Kier molecular flexibility index (Phi) is 6.02. The van der Waals surface area contributed by atoms with E-state index in [1.165, 1.54) is 26.4 Å². The monoisotopic (exact) mass is 298 g/mol. The molecule has 0 aromatic rings. The molecule has 0 aromatic heterocycles. The Hall–Kier alpha value is -0.650. The molecule has 0 aromatic carbocycles. The van der Waals surface area contributed by atoms with E-state index in [1.807, 2.05) is 6.92 Å². The molecule has 1 saturated carbocycles. The Morgan fingerprint density at radius 3 is 2.71 bits per heavy atom. The highest BCUT2D eigenvalue weighted by Crippen LogP contribution is 2.26. The Labute approximate surface area is 128 Å². The van der Waals surface area contributed by atoms with Crippen LogP contribution in [0.3, 0.4) is 0 Å². The topological polar surface area (TPSA) is 50.8 Å². The maximum Gasteiger partial charge on any atom is 0.325 e. The molecule has 2 aliphatic rings. The van der Waals surface area contributed by atoms with Gasteiger partial charge < -0.3 is 14.4 Å². The summed E-state index contributed by atoms with van der Waals surface area (Å²) in [5.41, 5.74) is -0.526. The molecular formula is C16H30N2O3. The quantitative estimate of drug-likeness (QED) is 0.652. The van der Waals surface area contributed by atoms with Gasteiger partial charge in [-0.15, -0.1) is 0 Å². The molecule has 0 radical (unpaired) electrons. The number of carbonyl (C=O) groups excluding carboxylic acids is 1. The van der Waals surface area contributed by atoms with Crippen LogP contribution < -0.4 is 5.32 Å². The van der Waals surface area contributed by atoms with Crippen molar-refractivity contribution in [3.8, 4) is 0 Å². The average Bonchev–Trinajstić information content (AvgIpc) is 3.16. The molecule has 0 spiro atoms. The van der Waals surface area contributed by atoms with Crippen LogP contribution in [0.2, 0.25) is 0 Å². The van der Waals surface area contributed by atoms with Crippen molar-refractivity contribution in [1.82, 2.24) is 10.2 Å². The van der Waals surface area contributed by atoms with Gasteiger partial charge in [0.2, 0.25) is 0 Å². The van der Waals surface area contributed by atoms with Gasteiger partial charge in [-0.1, -0.05) is 0 Å². The third kappa shape index (κ3) is 4.94. The summed E-state index contributed by atoms with van der Waals surface area (Å²) in [4.78, 5) is 14.5. The molecular weight excluding hydrogens is 268 g/mol. The van der Waals surface area contributed by atoms with E-state index >= 15 is 0 Å². The van der Waals surface area contributed by atoms with Crippen LogP contribution in [0, 0.1) is 5.92 Å². The summed E-state index contributed by atoms with van der Waals surface area (Å²) >= 11 is 0. The lowest BCUT2D eigenvalue weighted by atomic mass is 9.95. The van der Waals surface area contributed by atoms with Crippen molar-refractivity contribution in [2.45, 2.75) is 50.6 Å². The van der Waals surface area contributed by atoms with E-state index in [-0.39, 0.29) is 5.97 Å². The van der Waals surface area contributed by atoms with Crippen molar-refractivity contribution < 1.29 is 14.3 Å². The molecule has 0 amide bonds. The van der Waals surface area contributed by atoms with Gasteiger partial charge in [-0.25, -0.2) is 0 Å². The van der Waals surface area contributed by atoms with E-state index < -0.39 is 5.54 Å². The molecule has 21 heavy (non-hydrogen) atoms. The Balaban J connectivity index is 1.73. The summed E-state index contributed by atoms with van der Waals surface area (Å²) in [7, 11) is 3.25. The van der Waals surface area contributed by atoms with Crippen molar-refractivity contribution in [2.24, 2.45) is 5.92 Å². The molecule has 2 fully saturated rings. The van der Waals surface area contributed by atoms with Crippen molar-refractivity contribution in [1.29, 1.82) is 0 Å². The Morgan fingerprint density at radius 1 is 1.33 bits per heavy atom. The molecule has 2 atom stereocenters. The van der Waals surface area contributed by atoms with Crippen LogP contribution in [0.4, 0.5) is 0 Å². The zero-order chi connectivity index (χ0) is 15.3. The number of ether oxygens (including phenoxy) is 2. The predicted molar refractivity (Wildman–Crippen MR) is 82.2 cm³/mol. The molecule has 1 saturated heterocycles. The molecule has 122 valence electrons. The molecule has 5 heteroatoms. The normalized spacial score (nSPS) is 25.8. The highest BCUT2D eigenvalue weighted by molar-refractivity contribution is 5.80. The summed E-state index contributed by atoms with van der Waals surface area (Å²) < 4.78 is 10.2. The number of methoxy groups -OCH3 is 2. The van der Waals surface area contributed by atoms with Crippen LogP contribution in [0.25, 0.3) is 0 Å². The van der Waals surface area contributed by atoms with Gasteiger partial charge in [0.05, 0.1) is 13.7 Å². The van der Waals surface area contributed by atoms with Gasteiger partial charge in [-0.05, 0) is 58.0 Å². The standard InChI is InChI=1S/C16H30N2O3/c1-16(15(19)21-3,17-14-5-6-14)8-4-9-18-10-7-13(11-18)12-20-2/h13-14,17H,4-12H2,1-3H3. The minimum Gasteiger partial charge on any atom is -0.468 e. The SMILES string of the molecule is COCC1CCN(CCCC(C)(NC2CC2)C(=O)OC)C1. The fraction of sp³-hybridized carbons (Fsp3) is 0.938. The van der Waals surface area contributed by atoms with Crippen LogP contribution in [0.15, 0.2) is 0 Å². The summed E-state index contributed by atoms with van der Waals surface area (Å²) in [5.74, 6) is 0.541. The summed E-state index contributed by atoms with van der Waals surface area (Å²) in [6.45, 7) is 6.17. The molecule has 1 aliphatic carbocycles. The highest BCUT2D eigenvalue weighted by atomic mass is 16.5. The number of likely N-dealkylation sites (tertiary alicyclic amines) is 1. The Morgan fingerprint density at radius 2 is 2.10 bits per heavy atom. The maximum atomic E-state index is 12.0. The van der Waals surface area contributed by atoms with Gasteiger partial charge in [0.1, 0.15) is 5.54 Å². The van der Waals surface area contributed by atoms with Gasteiger partial charge >= 0.3 is 5.97 Å². The number of nitrogens with zero attached hydrogens (tertiary/aromatic N) is 1. The first-order valence-corrected chi connectivity index (χ1v) is 8.15. The minimum atomic E-state index is -0.526. The fourth-order valence-corrected chi connectivity index (χ4v) is 3.28. The van der Waals surface area contributed by atoms with Crippen molar-refractivity contribution >= 4 is 5.97 Å². The first-order valence-electron chi connectivity index (χ1n) is 8.15. The zero-order valence-corrected chi connectivity index (χ0v) is 13.7. The maximum absolute atomic E-state index is 12.0. The number of hydrogen-bond donors (Lipinski definition) is 1. The first-order chi connectivity index (χ1) is 10.1. The summed E-state index contributed by atoms with van der Waals surface area (Å²) in [6, 6.07) is 0.506. The second kappa shape index (κ2) is 7.56. The Bertz CT molecular complexity index is 346. The number of esters is 1. The summed E-state index contributed by atoms with van der Waals surface area (Å²) in [5, 5.41) is 3.46. The number of carbonyl (C=O) groups is 1. The first kappa shape index (κ1) is 16.7. The molecule has 2 rings (SSSR count). The van der Waals surface area contributed by atoms with E-state index in [2.05, 4.69) is 10.2 Å². The molecule has 2 unspecified atom stereocenters. The highest BCUT2D eigenvalue weighted by Gasteiger charge is 2.39. The predicted octanol–water partition coefficient (Wildman–Crippen LogP) is 1.42. The van der Waals surface area contributed by atoms with Gasteiger partial charge in [0, 0.05) is 19.7 Å². The lowest BCUT2D eigenvalue weighted by Crippen LogP contribution is -2.51. The minimum absolute atomic E-state index is 0.131. The van der Waals surface area contributed by atoms with Crippen LogP contribution in [-0.2, 0) is 14.3 Å². The van der Waals surface area contributed by atoms with Crippen molar-refractivity contribution in [3.63, 3.8) is 0 Å². The van der Waals surface area contributed by atoms with E-state index in [0.29, 0.717) is 12.0 Å². The number of hydrogen-bond acceptors (Lipinski definition) is 5. The molecule has 0 bridgehead atoms. The van der Waals surface area contributed by atoms with Crippen molar-refractivity contribution in [2.75, 3.05) is 40.5 Å². The van der Waals surface area contributed by atoms with E-state index in [9.17, 15) is 4.79 Å². The van der Waals surface area contributed by atoms with Gasteiger partial charge in [0.15, 0.2) is 0 Å². The third-order valence-corrected chi connectivity index (χ3v) is 4.66. The number of rotatable bonds is 9. The largest absolute Gasteiger partial charge is 0.468 e. The van der Waals surface area contributed by atoms with Crippen LogP contribution in [-0.4, -0.2) is 62.9 Å². The van der Waals surface area contributed by atoms with E-state index in [4.69, 9.17) is 9.47 Å². The van der Waals surface area contributed by atoms with E-state index in [1.54, 1.807) is 7.11 Å². The molecule has 1 aliphatic heterocycles. The molecule has 5 nitrogen and oxygen atoms in total. The van der Waals surface area contributed by atoms with E-state index in [0.717, 1.165) is 39.1 Å². The summed E-state index contributed by atoms with van der Waals surface area (Å²) in [6.07, 6.45) is 5.43. The van der Waals surface area contributed by atoms with Crippen molar-refractivity contribution in [3.05, 3.63) is 0 Å². The average molecular weight is 298 g/mol. The van der Waals surface area contributed by atoms with Crippen LogP contribution >= 0.6 is 0 Å². The number of nitrogens with one attached hydrogen (secondary N) is 1. The van der Waals surface area contributed by atoms with Crippen LogP contribution in [0.1, 0.15) is 39.0 Å². The second-order valence-corrected chi connectivity index (χ2v) is 6.76. The zero-order valence-electron chi connectivity index (χ0n) is 13.7.